The van der Waals surface area contributed by atoms with E-state index < -0.39 is 0 Å². The Morgan fingerprint density at radius 1 is 1.00 bits per heavy atom. The molecule has 0 saturated heterocycles. The van der Waals surface area contributed by atoms with E-state index in [9.17, 15) is 5.11 Å². The van der Waals surface area contributed by atoms with Gasteiger partial charge >= 0.3 is 0 Å². The Kier molecular flexibility index (Phi) is 6.35. The van der Waals surface area contributed by atoms with E-state index in [2.05, 4.69) is 59.8 Å². The third-order valence-electron chi connectivity index (χ3n) is 10.7. The van der Waals surface area contributed by atoms with E-state index in [-0.39, 0.29) is 6.10 Å². The summed E-state index contributed by atoms with van der Waals surface area (Å²) < 4.78 is 0. The maximum Gasteiger partial charge on any atom is 0.0543 e. The zero-order chi connectivity index (χ0) is 21.7. The Morgan fingerprint density at radius 2 is 1.70 bits per heavy atom. The van der Waals surface area contributed by atoms with Gasteiger partial charge in [-0.15, -0.1) is 0 Å². The number of hydrogen-bond donors (Lipinski definition) is 1. The van der Waals surface area contributed by atoms with Crippen LogP contribution in [0.1, 0.15) is 99.3 Å². The topological polar surface area (TPSA) is 20.2 Å². The number of allylic oxidation sites excluding steroid dienone is 4. The second-order valence-electron chi connectivity index (χ2n) is 12.5. The molecule has 4 rings (SSSR count). The Bertz CT molecular complexity index is 674. The van der Waals surface area contributed by atoms with Crippen LogP contribution in [0.3, 0.4) is 0 Å². The molecule has 0 aromatic heterocycles. The van der Waals surface area contributed by atoms with Gasteiger partial charge in [-0.3, -0.25) is 0 Å². The van der Waals surface area contributed by atoms with Crippen LogP contribution in [0.25, 0.3) is 0 Å². The van der Waals surface area contributed by atoms with Crippen LogP contribution in [0.5, 0.6) is 0 Å². The summed E-state index contributed by atoms with van der Waals surface area (Å²) in [5, 5.41) is 10.3. The molecule has 0 bridgehead atoms. The Hall–Kier alpha value is -0.560. The minimum Gasteiger partial charge on any atom is -0.393 e. The molecule has 0 spiro atoms. The molecule has 0 radical (unpaired) electrons. The van der Waals surface area contributed by atoms with Crippen molar-refractivity contribution in [3.8, 4) is 0 Å². The number of rotatable bonds is 5. The van der Waals surface area contributed by atoms with Gasteiger partial charge < -0.3 is 5.11 Å². The molecule has 0 heterocycles. The minimum atomic E-state index is -0.0480. The standard InChI is InChI=1S/C29H48O/c1-7-21(19(2)3)9-8-20(4)25-12-13-26-24-11-10-22-18-23(30)14-16-28(22,5)27(24)15-17-29(25,26)6/h8-9,11,19-23,25-27,30H,7,10,12-18H2,1-6H3/t20?,21?,22?,23?,25?,26?,27?,28-,29+/m0/s1. The predicted molar refractivity (Wildman–Crippen MR) is 128 cm³/mol. The van der Waals surface area contributed by atoms with Crippen molar-refractivity contribution in [1.29, 1.82) is 0 Å². The largest absolute Gasteiger partial charge is 0.393 e. The second-order valence-corrected chi connectivity index (χ2v) is 12.5. The quantitative estimate of drug-likeness (QED) is 0.457. The van der Waals surface area contributed by atoms with Gasteiger partial charge in [0.05, 0.1) is 6.10 Å². The smallest absolute Gasteiger partial charge is 0.0543 e. The zero-order valence-corrected chi connectivity index (χ0v) is 20.7. The van der Waals surface area contributed by atoms with Crippen molar-refractivity contribution in [2.24, 2.45) is 52.3 Å². The molecule has 0 aromatic carbocycles. The van der Waals surface area contributed by atoms with E-state index in [1.165, 1.54) is 44.9 Å². The van der Waals surface area contributed by atoms with Crippen molar-refractivity contribution in [3.63, 3.8) is 0 Å². The molecule has 7 unspecified atom stereocenters. The molecule has 9 atom stereocenters. The fraction of sp³-hybridized carbons (Fsp3) is 0.862. The average molecular weight is 413 g/mol. The fourth-order valence-electron chi connectivity index (χ4n) is 8.68. The first-order chi connectivity index (χ1) is 14.2. The third-order valence-corrected chi connectivity index (χ3v) is 10.7. The van der Waals surface area contributed by atoms with E-state index in [0.29, 0.717) is 22.7 Å². The highest BCUT2D eigenvalue weighted by molar-refractivity contribution is 5.28. The van der Waals surface area contributed by atoms with E-state index in [1.54, 1.807) is 0 Å². The zero-order valence-electron chi connectivity index (χ0n) is 20.7. The molecule has 30 heavy (non-hydrogen) atoms. The van der Waals surface area contributed by atoms with Gasteiger partial charge in [-0.05, 0) is 110 Å². The van der Waals surface area contributed by atoms with Gasteiger partial charge in [-0.1, -0.05) is 65.3 Å². The summed E-state index contributed by atoms with van der Waals surface area (Å²) in [6.07, 6.45) is 19.2. The monoisotopic (exact) mass is 412 g/mol. The number of hydrogen-bond acceptors (Lipinski definition) is 1. The fourth-order valence-corrected chi connectivity index (χ4v) is 8.68. The van der Waals surface area contributed by atoms with Crippen LogP contribution in [0, 0.1) is 52.3 Å². The predicted octanol–water partition coefficient (Wildman–Crippen LogP) is 7.80. The Labute approximate surface area is 186 Å². The van der Waals surface area contributed by atoms with E-state index in [1.807, 2.05) is 5.57 Å². The molecule has 3 saturated carbocycles. The first kappa shape index (κ1) is 22.6. The van der Waals surface area contributed by atoms with Crippen LogP contribution in [0.2, 0.25) is 0 Å². The molecular weight excluding hydrogens is 364 g/mol. The summed E-state index contributed by atoms with van der Waals surface area (Å²) in [6, 6.07) is 0. The van der Waals surface area contributed by atoms with Crippen LogP contribution in [0.15, 0.2) is 23.8 Å². The molecule has 1 nitrogen and oxygen atoms in total. The van der Waals surface area contributed by atoms with E-state index >= 15 is 0 Å². The normalized spacial score (nSPS) is 45.6. The molecule has 3 fully saturated rings. The molecule has 0 aromatic rings. The molecule has 170 valence electrons. The summed E-state index contributed by atoms with van der Waals surface area (Å²) in [7, 11) is 0. The van der Waals surface area contributed by atoms with Gasteiger partial charge in [0.2, 0.25) is 0 Å². The van der Waals surface area contributed by atoms with Crippen LogP contribution in [-0.4, -0.2) is 11.2 Å². The lowest BCUT2D eigenvalue weighted by Crippen LogP contribution is -2.49. The molecule has 1 heteroatoms. The van der Waals surface area contributed by atoms with Crippen molar-refractivity contribution in [2.45, 2.75) is 105 Å². The van der Waals surface area contributed by atoms with Crippen LogP contribution >= 0.6 is 0 Å². The lowest BCUT2D eigenvalue weighted by molar-refractivity contribution is -0.0414. The van der Waals surface area contributed by atoms with Gasteiger partial charge in [0.1, 0.15) is 0 Å². The highest BCUT2D eigenvalue weighted by atomic mass is 16.3. The van der Waals surface area contributed by atoms with Crippen molar-refractivity contribution in [2.75, 3.05) is 0 Å². The van der Waals surface area contributed by atoms with Crippen LogP contribution in [0.4, 0.5) is 0 Å². The maximum atomic E-state index is 10.3. The summed E-state index contributed by atoms with van der Waals surface area (Å²) in [4.78, 5) is 0. The summed E-state index contributed by atoms with van der Waals surface area (Å²) in [5.41, 5.74) is 2.79. The van der Waals surface area contributed by atoms with Crippen LogP contribution < -0.4 is 0 Å². The number of aliphatic hydroxyl groups excluding tert-OH is 1. The van der Waals surface area contributed by atoms with Crippen molar-refractivity contribution < 1.29 is 5.11 Å². The highest BCUT2D eigenvalue weighted by Gasteiger charge is 2.57. The van der Waals surface area contributed by atoms with Gasteiger partial charge in [0.15, 0.2) is 0 Å². The highest BCUT2D eigenvalue weighted by Crippen LogP contribution is 2.66. The van der Waals surface area contributed by atoms with Gasteiger partial charge in [0.25, 0.3) is 0 Å². The first-order valence-electron chi connectivity index (χ1n) is 13.3. The molecule has 4 aliphatic rings. The lowest BCUT2D eigenvalue weighted by Gasteiger charge is -2.57. The van der Waals surface area contributed by atoms with E-state index in [4.69, 9.17) is 0 Å². The van der Waals surface area contributed by atoms with Gasteiger partial charge in [0, 0.05) is 0 Å². The number of fused-ring (bicyclic) bond motifs is 5. The average Bonchev–Trinajstić information content (AvgIpc) is 3.06. The molecule has 0 aliphatic heterocycles. The first-order valence-corrected chi connectivity index (χ1v) is 13.3. The third kappa shape index (κ3) is 3.66. The van der Waals surface area contributed by atoms with Gasteiger partial charge in [-0.2, -0.15) is 0 Å². The Morgan fingerprint density at radius 3 is 2.40 bits per heavy atom. The lowest BCUT2D eigenvalue weighted by atomic mass is 9.47. The Balaban J connectivity index is 1.53. The van der Waals surface area contributed by atoms with Crippen molar-refractivity contribution >= 4 is 0 Å². The summed E-state index contributed by atoms with van der Waals surface area (Å²) in [5.74, 6) is 5.32. The van der Waals surface area contributed by atoms with Gasteiger partial charge in [-0.25, -0.2) is 0 Å². The molecule has 0 amide bonds. The minimum absolute atomic E-state index is 0.0480. The van der Waals surface area contributed by atoms with Crippen molar-refractivity contribution in [3.05, 3.63) is 23.8 Å². The number of aliphatic hydroxyl groups is 1. The van der Waals surface area contributed by atoms with Crippen molar-refractivity contribution in [1.82, 2.24) is 0 Å². The summed E-state index contributed by atoms with van der Waals surface area (Å²) in [6.45, 7) is 14.8. The SMILES string of the molecule is CCC(C=CC(C)C1CCC2C3=CCC4CC(O)CC[C@]4(C)C3CC[C@@]21C)C(C)C. The summed E-state index contributed by atoms with van der Waals surface area (Å²) >= 11 is 0. The van der Waals surface area contributed by atoms with E-state index in [0.717, 1.165) is 42.4 Å². The molecule has 1 N–H and O–H groups in total. The molecule has 4 aliphatic carbocycles. The second kappa shape index (κ2) is 8.42. The maximum absolute atomic E-state index is 10.3. The van der Waals surface area contributed by atoms with Crippen LogP contribution in [-0.2, 0) is 0 Å². The molecular formula is C29H48O.